The van der Waals surface area contributed by atoms with Crippen molar-refractivity contribution in [3.8, 4) is 11.5 Å². The lowest BCUT2D eigenvalue weighted by atomic mass is 9.85. The van der Waals surface area contributed by atoms with Crippen LogP contribution >= 0.6 is 0 Å². The largest absolute Gasteiger partial charge is 0.480 e. The first-order chi connectivity index (χ1) is 16.4. The molecule has 0 bridgehead atoms. The van der Waals surface area contributed by atoms with Gasteiger partial charge in [0, 0.05) is 55.1 Å². The van der Waals surface area contributed by atoms with E-state index < -0.39 is 5.72 Å². The predicted molar refractivity (Wildman–Crippen MR) is 134 cm³/mol. The van der Waals surface area contributed by atoms with Crippen LogP contribution in [0, 0.1) is 0 Å². The molecular formula is C28H38N2O4. The molecule has 6 heteroatoms. The van der Waals surface area contributed by atoms with E-state index in [0.29, 0.717) is 0 Å². The number of anilines is 1. The fraction of sp³-hybridized carbons (Fsp3) is 0.643. The molecule has 2 aromatic carbocycles. The van der Waals surface area contributed by atoms with Crippen molar-refractivity contribution < 1.29 is 18.9 Å². The number of morpholine rings is 2. The Balaban J connectivity index is 1.45. The number of benzene rings is 2. The lowest BCUT2D eigenvalue weighted by Crippen LogP contribution is -2.68. The molecule has 0 N–H and O–H groups in total. The quantitative estimate of drug-likeness (QED) is 0.623. The standard InChI is InChI=1S/C28H38N2O4/c1-18-14-29(15-19(2)31-18)24-13-25-27(23-10-6-5-9-22(23)24)33-26-11-7-8-12-28(26,34-25)30-16-20(3)32-21(4)17-30/h5-6,9-10,13,18-21,26H,7-8,11-12,14-17H2,1-4H3. The van der Waals surface area contributed by atoms with Crippen LogP contribution < -0.4 is 14.4 Å². The van der Waals surface area contributed by atoms with Crippen LogP contribution in [0.1, 0.15) is 53.4 Å². The van der Waals surface area contributed by atoms with Crippen molar-refractivity contribution in [2.24, 2.45) is 0 Å². The predicted octanol–water partition coefficient (Wildman–Crippen LogP) is 4.97. The number of nitrogens with zero attached hydrogens (tertiary/aromatic N) is 2. The Morgan fingerprint density at radius 3 is 2.18 bits per heavy atom. The first kappa shape index (κ1) is 22.4. The molecule has 0 amide bonds. The summed E-state index contributed by atoms with van der Waals surface area (Å²) in [7, 11) is 0. The Kier molecular flexibility index (Phi) is 5.66. The zero-order chi connectivity index (χ0) is 23.4. The van der Waals surface area contributed by atoms with E-state index >= 15 is 0 Å². The molecule has 3 fully saturated rings. The molecule has 6 nitrogen and oxygen atoms in total. The summed E-state index contributed by atoms with van der Waals surface area (Å²) in [6.45, 7) is 12.1. The van der Waals surface area contributed by atoms with Gasteiger partial charge in [-0.3, -0.25) is 4.90 Å². The summed E-state index contributed by atoms with van der Waals surface area (Å²) in [4.78, 5) is 4.98. The van der Waals surface area contributed by atoms with Gasteiger partial charge in [-0.25, -0.2) is 0 Å². The van der Waals surface area contributed by atoms with Crippen LogP contribution in [0.5, 0.6) is 11.5 Å². The van der Waals surface area contributed by atoms with Crippen molar-refractivity contribution in [3.63, 3.8) is 0 Å². The molecule has 1 aliphatic carbocycles. The molecule has 2 saturated heterocycles. The van der Waals surface area contributed by atoms with E-state index in [0.717, 1.165) is 62.3 Å². The highest BCUT2D eigenvalue weighted by molar-refractivity contribution is 6.00. The molecule has 3 heterocycles. The van der Waals surface area contributed by atoms with Gasteiger partial charge in [-0.1, -0.05) is 24.3 Å². The van der Waals surface area contributed by atoms with E-state index in [2.05, 4.69) is 67.8 Å². The first-order valence-corrected chi connectivity index (χ1v) is 13.2. The summed E-state index contributed by atoms with van der Waals surface area (Å²) in [5.41, 5.74) is 0.788. The van der Waals surface area contributed by atoms with Crippen molar-refractivity contribution in [2.45, 2.75) is 89.6 Å². The topological polar surface area (TPSA) is 43.4 Å². The molecule has 6 unspecified atom stereocenters. The van der Waals surface area contributed by atoms with Crippen LogP contribution in [0.2, 0.25) is 0 Å². The number of ether oxygens (including phenoxy) is 4. The molecule has 0 spiro atoms. The van der Waals surface area contributed by atoms with E-state index in [1.165, 1.54) is 17.5 Å². The van der Waals surface area contributed by atoms with Gasteiger partial charge in [0.15, 0.2) is 17.6 Å². The molecule has 6 atom stereocenters. The van der Waals surface area contributed by atoms with Crippen molar-refractivity contribution in [1.29, 1.82) is 0 Å². The Bertz CT molecular complexity index is 1040. The van der Waals surface area contributed by atoms with Crippen LogP contribution in [-0.4, -0.2) is 67.3 Å². The summed E-state index contributed by atoms with van der Waals surface area (Å²) in [5.74, 6) is 1.79. The zero-order valence-corrected chi connectivity index (χ0v) is 21.0. The molecule has 184 valence electrons. The molecular weight excluding hydrogens is 428 g/mol. The number of hydrogen-bond donors (Lipinski definition) is 0. The Morgan fingerprint density at radius 1 is 0.824 bits per heavy atom. The summed E-state index contributed by atoms with van der Waals surface area (Å²) in [6.07, 6.45) is 5.15. The SMILES string of the molecule is CC1CN(c2cc3c(c4ccccc24)OC2CCCCC2(N2CC(C)OC(C)C2)O3)CC(C)O1. The van der Waals surface area contributed by atoms with Gasteiger partial charge < -0.3 is 23.8 Å². The highest BCUT2D eigenvalue weighted by Crippen LogP contribution is 2.51. The van der Waals surface area contributed by atoms with E-state index in [9.17, 15) is 0 Å². The van der Waals surface area contributed by atoms with Gasteiger partial charge in [0.1, 0.15) is 0 Å². The van der Waals surface area contributed by atoms with Crippen molar-refractivity contribution in [1.82, 2.24) is 4.90 Å². The fourth-order valence-electron chi connectivity index (χ4n) is 6.75. The second kappa shape index (κ2) is 8.58. The maximum atomic E-state index is 7.14. The summed E-state index contributed by atoms with van der Waals surface area (Å²) in [5, 5.41) is 2.37. The second-order valence-electron chi connectivity index (χ2n) is 10.9. The summed E-state index contributed by atoms with van der Waals surface area (Å²) in [6, 6.07) is 10.9. The van der Waals surface area contributed by atoms with Crippen LogP contribution in [0.25, 0.3) is 10.8 Å². The highest BCUT2D eigenvalue weighted by atomic mass is 16.6. The smallest absolute Gasteiger partial charge is 0.200 e. The Labute approximate surface area is 203 Å². The van der Waals surface area contributed by atoms with Gasteiger partial charge in [0.2, 0.25) is 5.72 Å². The molecule has 4 aliphatic rings. The minimum atomic E-state index is -0.428. The maximum Gasteiger partial charge on any atom is 0.200 e. The molecule has 1 saturated carbocycles. The monoisotopic (exact) mass is 466 g/mol. The molecule has 6 rings (SSSR count). The van der Waals surface area contributed by atoms with Gasteiger partial charge in [0.05, 0.1) is 24.4 Å². The van der Waals surface area contributed by atoms with Gasteiger partial charge in [-0.15, -0.1) is 0 Å². The third-order valence-electron chi connectivity index (χ3n) is 7.96. The van der Waals surface area contributed by atoms with Gasteiger partial charge in [-0.2, -0.15) is 0 Å². The third-order valence-corrected chi connectivity index (χ3v) is 7.96. The van der Waals surface area contributed by atoms with Crippen molar-refractivity contribution >= 4 is 16.5 Å². The maximum absolute atomic E-state index is 7.14. The van der Waals surface area contributed by atoms with Crippen LogP contribution in [0.3, 0.4) is 0 Å². The van der Waals surface area contributed by atoms with Crippen LogP contribution in [0.4, 0.5) is 5.69 Å². The highest BCUT2D eigenvalue weighted by Gasteiger charge is 2.54. The number of hydrogen-bond acceptors (Lipinski definition) is 6. The third kappa shape index (κ3) is 3.75. The minimum absolute atomic E-state index is 0.0314. The first-order valence-electron chi connectivity index (χ1n) is 13.2. The Morgan fingerprint density at radius 2 is 1.47 bits per heavy atom. The molecule has 0 aromatic heterocycles. The van der Waals surface area contributed by atoms with E-state index in [1.807, 2.05) is 0 Å². The van der Waals surface area contributed by atoms with E-state index in [-0.39, 0.29) is 30.5 Å². The summed E-state index contributed by atoms with van der Waals surface area (Å²) >= 11 is 0. The average Bonchev–Trinajstić information content (AvgIpc) is 2.81. The van der Waals surface area contributed by atoms with E-state index in [4.69, 9.17) is 18.9 Å². The molecule has 34 heavy (non-hydrogen) atoms. The Hall–Kier alpha value is -2.02. The van der Waals surface area contributed by atoms with Crippen molar-refractivity contribution in [3.05, 3.63) is 30.3 Å². The normalized spacial score (nSPS) is 36.4. The molecule has 3 aliphatic heterocycles. The van der Waals surface area contributed by atoms with Gasteiger partial charge >= 0.3 is 0 Å². The molecule has 0 radical (unpaired) electrons. The van der Waals surface area contributed by atoms with E-state index in [1.54, 1.807) is 0 Å². The summed E-state index contributed by atoms with van der Waals surface area (Å²) < 4.78 is 26.2. The van der Waals surface area contributed by atoms with Gasteiger partial charge in [0.25, 0.3) is 0 Å². The number of fused-ring (bicyclic) bond motifs is 4. The van der Waals surface area contributed by atoms with Gasteiger partial charge in [-0.05, 0) is 47.0 Å². The second-order valence-corrected chi connectivity index (χ2v) is 10.9. The number of rotatable bonds is 2. The lowest BCUT2D eigenvalue weighted by molar-refractivity contribution is -0.221. The average molecular weight is 467 g/mol. The fourth-order valence-corrected chi connectivity index (χ4v) is 6.75. The minimum Gasteiger partial charge on any atom is -0.480 e. The molecule has 2 aromatic rings. The van der Waals surface area contributed by atoms with Crippen LogP contribution in [-0.2, 0) is 9.47 Å². The zero-order valence-electron chi connectivity index (χ0n) is 21.0. The van der Waals surface area contributed by atoms with Crippen molar-refractivity contribution in [2.75, 3.05) is 31.1 Å². The van der Waals surface area contributed by atoms with Crippen LogP contribution in [0.15, 0.2) is 30.3 Å². The lowest BCUT2D eigenvalue weighted by Gasteiger charge is -2.55.